The Morgan fingerprint density at radius 1 is 1.03 bits per heavy atom. The Labute approximate surface area is 199 Å². The molecule has 178 valence electrons. The van der Waals surface area contributed by atoms with Crippen LogP contribution >= 0.6 is 11.6 Å². The monoisotopic (exact) mass is 474 g/mol. The normalized spacial score (nSPS) is 18.2. The molecule has 0 unspecified atom stereocenters. The number of nitrogens with zero attached hydrogens (tertiary/aromatic N) is 4. The molecule has 33 heavy (non-hydrogen) atoms. The number of rotatable bonds is 8. The van der Waals surface area contributed by atoms with E-state index in [0.29, 0.717) is 70.4 Å². The molecule has 0 aliphatic carbocycles. The third kappa shape index (κ3) is 6.48. The van der Waals surface area contributed by atoms with Crippen molar-refractivity contribution in [3.05, 3.63) is 48.0 Å². The molecule has 2 amide bonds. The Morgan fingerprint density at radius 3 is 2.39 bits per heavy atom. The van der Waals surface area contributed by atoms with Gasteiger partial charge in [-0.15, -0.1) is 0 Å². The maximum Gasteiger partial charge on any atom is 0.224 e. The zero-order valence-corrected chi connectivity index (χ0v) is 19.6. The summed E-state index contributed by atoms with van der Waals surface area (Å²) >= 11 is 5.99. The van der Waals surface area contributed by atoms with E-state index in [1.807, 2.05) is 32.7 Å². The van der Waals surface area contributed by atoms with Crippen molar-refractivity contribution in [1.29, 1.82) is 0 Å². The van der Waals surface area contributed by atoms with Gasteiger partial charge in [0, 0.05) is 68.4 Å². The highest BCUT2D eigenvalue weighted by Gasteiger charge is 2.39. The molecule has 1 aromatic carbocycles. The largest absolute Gasteiger partial charge is 0.493 e. The predicted molar refractivity (Wildman–Crippen MR) is 124 cm³/mol. The number of likely N-dealkylation sites (tertiary alicyclic amines) is 1. The zero-order chi connectivity index (χ0) is 23.1. The van der Waals surface area contributed by atoms with E-state index >= 15 is 0 Å². The van der Waals surface area contributed by atoms with Crippen LogP contribution in [0.3, 0.4) is 0 Å². The van der Waals surface area contributed by atoms with Gasteiger partial charge in [0.05, 0.1) is 26.1 Å². The second-order valence-corrected chi connectivity index (χ2v) is 9.28. The van der Waals surface area contributed by atoms with E-state index in [9.17, 15) is 9.59 Å². The molecule has 0 spiro atoms. The lowest BCUT2D eigenvalue weighted by Gasteiger charge is -2.42. The number of hydrogen-bond acceptors (Lipinski definition) is 5. The minimum atomic E-state index is -0.309. The number of morpholine rings is 1. The van der Waals surface area contributed by atoms with E-state index in [1.54, 1.807) is 24.7 Å². The SMILES string of the molecule is O=C(CCn1ccnc1)N1CCC(COc2ccc(Cl)cc2)(CC(=O)N2CCOCC2)CC1. The number of aryl methyl sites for hydroxylation is 1. The first kappa shape index (κ1) is 23.6. The van der Waals surface area contributed by atoms with Crippen molar-refractivity contribution in [3.63, 3.8) is 0 Å². The number of amides is 2. The summed E-state index contributed by atoms with van der Waals surface area (Å²) in [6.45, 7) is 4.74. The number of benzene rings is 1. The van der Waals surface area contributed by atoms with Crippen LogP contribution in [0.5, 0.6) is 5.75 Å². The van der Waals surface area contributed by atoms with Gasteiger partial charge in [-0.05, 0) is 37.1 Å². The lowest BCUT2D eigenvalue weighted by Crippen LogP contribution is -2.49. The summed E-state index contributed by atoms with van der Waals surface area (Å²) in [5.74, 6) is 1.00. The molecule has 2 aliphatic heterocycles. The second kappa shape index (κ2) is 11.0. The van der Waals surface area contributed by atoms with Crippen molar-refractivity contribution in [1.82, 2.24) is 19.4 Å². The maximum absolute atomic E-state index is 13.1. The van der Waals surface area contributed by atoms with Crippen LogP contribution in [0.15, 0.2) is 43.0 Å². The van der Waals surface area contributed by atoms with Gasteiger partial charge in [-0.1, -0.05) is 11.6 Å². The van der Waals surface area contributed by atoms with Gasteiger partial charge in [-0.25, -0.2) is 4.98 Å². The first-order valence-electron chi connectivity index (χ1n) is 11.5. The summed E-state index contributed by atoms with van der Waals surface area (Å²) in [6.07, 6.45) is 7.61. The van der Waals surface area contributed by atoms with Gasteiger partial charge in [0.2, 0.25) is 11.8 Å². The van der Waals surface area contributed by atoms with Crippen molar-refractivity contribution < 1.29 is 19.1 Å². The van der Waals surface area contributed by atoms with Crippen molar-refractivity contribution >= 4 is 23.4 Å². The molecule has 0 saturated carbocycles. The standard InChI is InChI=1S/C24H31ClN4O4/c25-20-1-3-21(4-2-20)33-18-24(17-23(31)29-13-15-32-16-14-29)6-10-28(11-7-24)22(30)5-9-27-12-8-26-19-27/h1-4,8,12,19H,5-7,9-11,13-18H2. The average Bonchev–Trinajstić information content (AvgIpc) is 3.37. The quantitative estimate of drug-likeness (QED) is 0.588. The highest BCUT2D eigenvalue weighted by Crippen LogP contribution is 2.37. The molecule has 4 rings (SSSR count). The smallest absolute Gasteiger partial charge is 0.224 e. The number of aromatic nitrogens is 2. The number of carbonyl (C=O) groups excluding carboxylic acids is 2. The molecule has 0 N–H and O–H groups in total. The fourth-order valence-electron chi connectivity index (χ4n) is 4.42. The van der Waals surface area contributed by atoms with E-state index in [0.717, 1.165) is 18.6 Å². The number of ether oxygens (including phenoxy) is 2. The van der Waals surface area contributed by atoms with Gasteiger partial charge >= 0.3 is 0 Å². The van der Waals surface area contributed by atoms with Crippen LogP contribution in [0, 0.1) is 5.41 Å². The molecule has 8 nitrogen and oxygen atoms in total. The fourth-order valence-corrected chi connectivity index (χ4v) is 4.54. The molecule has 3 heterocycles. The summed E-state index contributed by atoms with van der Waals surface area (Å²) in [5, 5.41) is 0.655. The van der Waals surface area contributed by atoms with E-state index in [2.05, 4.69) is 4.98 Å². The molecule has 9 heteroatoms. The summed E-state index contributed by atoms with van der Waals surface area (Å²) < 4.78 is 13.4. The van der Waals surface area contributed by atoms with Crippen molar-refractivity contribution in [3.8, 4) is 5.75 Å². The highest BCUT2D eigenvalue weighted by atomic mass is 35.5. The molecule has 2 aromatic rings. The lowest BCUT2D eigenvalue weighted by atomic mass is 9.75. The number of hydrogen-bond donors (Lipinski definition) is 0. The molecule has 0 radical (unpaired) electrons. The van der Waals surface area contributed by atoms with Crippen LogP contribution in [-0.4, -0.2) is 77.2 Å². The summed E-state index contributed by atoms with van der Waals surface area (Å²) in [4.78, 5) is 33.6. The number of carbonyl (C=O) groups is 2. The molecule has 0 atom stereocenters. The Morgan fingerprint density at radius 2 is 1.73 bits per heavy atom. The molecule has 2 aliphatic rings. The van der Waals surface area contributed by atoms with Gasteiger partial charge in [0.15, 0.2) is 0 Å². The number of imidazole rings is 1. The molecule has 1 aromatic heterocycles. The van der Waals surface area contributed by atoms with Gasteiger partial charge in [-0.3, -0.25) is 9.59 Å². The Balaban J connectivity index is 1.37. The third-order valence-electron chi connectivity index (χ3n) is 6.57. The van der Waals surface area contributed by atoms with Crippen molar-refractivity contribution in [2.45, 2.75) is 32.2 Å². The molecular weight excluding hydrogens is 444 g/mol. The van der Waals surface area contributed by atoms with Crippen LogP contribution in [0.1, 0.15) is 25.7 Å². The Hall–Kier alpha value is -2.58. The Kier molecular flexibility index (Phi) is 7.88. The van der Waals surface area contributed by atoms with E-state index < -0.39 is 0 Å². The second-order valence-electron chi connectivity index (χ2n) is 8.84. The van der Waals surface area contributed by atoms with E-state index in [1.165, 1.54) is 0 Å². The summed E-state index contributed by atoms with van der Waals surface area (Å²) in [6, 6.07) is 7.27. The molecular formula is C24H31ClN4O4. The molecule has 2 fully saturated rings. The minimum Gasteiger partial charge on any atom is -0.493 e. The summed E-state index contributed by atoms with van der Waals surface area (Å²) in [5.41, 5.74) is -0.309. The van der Waals surface area contributed by atoms with Gasteiger partial charge in [0.1, 0.15) is 5.75 Å². The highest BCUT2D eigenvalue weighted by molar-refractivity contribution is 6.30. The molecule has 2 saturated heterocycles. The third-order valence-corrected chi connectivity index (χ3v) is 6.82. The number of piperidine rings is 1. The first-order chi connectivity index (χ1) is 16.0. The van der Waals surface area contributed by atoms with Crippen LogP contribution in [0.4, 0.5) is 0 Å². The average molecular weight is 475 g/mol. The first-order valence-corrected chi connectivity index (χ1v) is 11.9. The van der Waals surface area contributed by atoms with Crippen molar-refractivity contribution in [2.75, 3.05) is 46.0 Å². The van der Waals surface area contributed by atoms with Crippen LogP contribution < -0.4 is 4.74 Å². The fraction of sp³-hybridized carbons (Fsp3) is 0.542. The van der Waals surface area contributed by atoms with Crippen molar-refractivity contribution in [2.24, 2.45) is 5.41 Å². The van der Waals surface area contributed by atoms with Crippen LogP contribution in [-0.2, 0) is 20.9 Å². The maximum atomic E-state index is 13.1. The van der Waals surface area contributed by atoms with E-state index in [4.69, 9.17) is 21.1 Å². The van der Waals surface area contributed by atoms with Gasteiger partial charge < -0.3 is 23.8 Å². The van der Waals surface area contributed by atoms with Gasteiger partial charge in [-0.2, -0.15) is 0 Å². The lowest BCUT2D eigenvalue weighted by molar-refractivity contribution is -0.141. The predicted octanol–water partition coefficient (Wildman–Crippen LogP) is 2.86. The number of halogens is 1. The zero-order valence-electron chi connectivity index (χ0n) is 18.8. The van der Waals surface area contributed by atoms with Crippen LogP contribution in [0.2, 0.25) is 5.02 Å². The summed E-state index contributed by atoms with van der Waals surface area (Å²) in [7, 11) is 0. The minimum absolute atomic E-state index is 0.135. The van der Waals surface area contributed by atoms with E-state index in [-0.39, 0.29) is 17.2 Å². The topological polar surface area (TPSA) is 76.9 Å². The Bertz CT molecular complexity index is 905. The molecule has 0 bridgehead atoms. The van der Waals surface area contributed by atoms with Crippen LogP contribution in [0.25, 0.3) is 0 Å². The van der Waals surface area contributed by atoms with Gasteiger partial charge in [0.25, 0.3) is 0 Å².